The monoisotopic (exact) mass is 224 g/mol. The number of ether oxygens (including phenoxy) is 1. The van der Waals surface area contributed by atoms with Gasteiger partial charge in [0.2, 0.25) is 0 Å². The lowest BCUT2D eigenvalue weighted by molar-refractivity contribution is -0.0724. The molecule has 1 saturated carbocycles. The molecule has 2 fully saturated rings. The smallest absolute Gasteiger partial charge is 0.104 e. The fourth-order valence-corrected chi connectivity index (χ4v) is 3.67. The fourth-order valence-electron chi connectivity index (χ4n) is 3.67. The first-order chi connectivity index (χ1) is 7.39. The van der Waals surface area contributed by atoms with Crippen molar-refractivity contribution >= 4 is 0 Å². The molecule has 3 nitrogen and oxygen atoms in total. The second-order valence-electron chi connectivity index (χ2n) is 6.21. The van der Waals surface area contributed by atoms with Crippen LogP contribution in [0.25, 0.3) is 0 Å². The fraction of sp³-hybridized carbons (Fsp3) is 0.846. The highest BCUT2D eigenvalue weighted by Gasteiger charge is 2.73. The van der Waals surface area contributed by atoms with Gasteiger partial charge in [0, 0.05) is 12.3 Å². The summed E-state index contributed by atoms with van der Waals surface area (Å²) in [4.78, 5) is 0. The van der Waals surface area contributed by atoms with Gasteiger partial charge in [0.1, 0.15) is 11.2 Å². The Morgan fingerprint density at radius 3 is 2.31 bits per heavy atom. The summed E-state index contributed by atoms with van der Waals surface area (Å²) < 4.78 is 5.98. The van der Waals surface area contributed by atoms with Crippen LogP contribution in [0.1, 0.15) is 39.5 Å². The minimum Gasteiger partial charge on any atom is -0.393 e. The van der Waals surface area contributed by atoms with E-state index >= 15 is 0 Å². The Morgan fingerprint density at radius 2 is 1.75 bits per heavy atom. The van der Waals surface area contributed by atoms with Gasteiger partial charge in [-0.3, -0.25) is 0 Å². The highest BCUT2D eigenvalue weighted by Crippen LogP contribution is 2.65. The molecule has 0 spiro atoms. The molecule has 4 atom stereocenters. The van der Waals surface area contributed by atoms with Gasteiger partial charge in [0.25, 0.3) is 0 Å². The molecular weight excluding hydrogens is 204 g/mol. The van der Waals surface area contributed by atoms with E-state index in [1.807, 2.05) is 0 Å². The molecule has 3 aliphatic rings. The third kappa shape index (κ3) is 1.25. The van der Waals surface area contributed by atoms with Crippen molar-refractivity contribution in [3.05, 3.63) is 12.2 Å². The molecule has 1 saturated heterocycles. The normalized spacial score (nSPS) is 50.8. The largest absolute Gasteiger partial charge is 0.393 e. The maximum absolute atomic E-state index is 10.2. The molecular formula is C13H20O3. The predicted molar refractivity (Wildman–Crippen MR) is 59.9 cm³/mol. The third-order valence-electron chi connectivity index (χ3n) is 4.70. The van der Waals surface area contributed by atoms with Crippen LogP contribution < -0.4 is 0 Å². The standard InChI is InChI=1S/C13H20O3/c1-11(2,15)9-7-12-5-3-4-6-13(12,16-12)8-10(9)14/h3-4,9-10,14-15H,5-8H2,1-2H3/t9-,10-,12-,13+/m0/s1. The summed E-state index contributed by atoms with van der Waals surface area (Å²) in [6.45, 7) is 3.57. The average Bonchev–Trinajstić information content (AvgIpc) is 2.82. The van der Waals surface area contributed by atoms with E-state index in [4.69, 9.17) is 4.74 Å². The van der Waals surface area contributed by atoms with E-state index in [-0.39, 0.29) is 17.1 Å². The van der Waals surface area contributed by atoms with Crippen LogP contribution in [0.4, 0.5) is 0 Å². The highest BCUT2D eigenvalue weighted by atomic mass is 16.6. The predicted octanol–water partition coefficient (Wildman–Crippen LogP) is 1.39. The van der Waals surface area contributed by atoms with Gasteiger partial charge in [0.15, 0.2) is 0 Å². The zero-order valence-electron chi connectivity index (χ0n) is 9.94. The lowest BCUT2D eigenvalue weighted by atomic mass is 9.64. The summed E-state index contributed by atoms with van der Waals surface area (Å²) in [7, 11) is 0. The molecule has 1 aliphatic heterocycles. The average molecular weight is 224 g/mol. The van der Waals surface area contributed by atoms with E-state index in [1.165, 1.54) is 0 Å². The van der Waals surface area contributed by atoms with Crippen LogP contribution in [-0.2, 0) is 4.74 Å². The minimum absolute atomic E-state index is 0.0744. The van der Waals surface area contributed by atoms with Gasteiger partial charge in [-0.2, -0.15) is 0 Å². The van der Waals surface area contributed by atoms with Crippen LogP contribution in [0, 0.1) is 5.92 Å². The number of hydrogen-bond acceptors (Lipinski definition) is 3. The second kappa shape index (κ2) is 2.89. The lowest BCUT2D eigenvalue weighted by Gasteiger charge is -2.41. The summed E-state index contributed by atoms with van der Waals surface area (Å²) in [6, 6.07) is 0. The van der Waals surface area contributed by atoms with Gasteiger partial charge in [0.05, 0.1) is 11.7 Å². The molecule has 0 radical (unpaired) electrons. The molecule has 0 aromatic rings. The van der Waals surface area contributed by atoms with Crippen LogP contribution >= 0.6 is 0 Å². The summed E-state index contributed by atoms with van der Waals surface area (Å²) in [5, 5.41) is 20.3. The van der Waals surface area contributed by atoms with Crippen LogP contribution in [0.2, 0.25) is 0 Å². The summed E-state index contributed by atoms with van der Waals surface area (Å²) in [5.74, 6) is -0.0744. The van der Waals surface area contributed by atoms with Gasteiger partial charge in [-0.1, -0.05) is 12.2 Å². The Hall–Kier alpha value is -0.380. The molecule has 2 aliphatic carbocycles. The quantitative estimate of drug-likeness (QED) is 0.522. The van der Waals surface area contributed by atoms with Crippen molar-refractivity contribution in [3.63, 3.8) is 0 Å². The first-order valence-corrected chi connectivity index (χ1v) is 6.14. The summed E-state index contributed by atoms with van der Waals surface area (Å²) in [5.41, 5.74) is -1.01. The van der Waals surface area contributed by atoms with Gasteiger partial charge < -0.3 is 14.9 Å². The van der Waals surface area contributed by atoms with Crippen LogP contribution in [0.15, 0.2) is 12.2 Å². The van der Waals surface area contributed by atoms with Crippen LogP contribution in [0.3, 0.4) is 0 Å². The van der Waals surface area contributed by atoms with Gasteiger partial charge in [-0.15, -0.1) is 0 Å². The molecule has 2 N–H and O–H groups in total. The number of aliphatic hydroxyl groups excluding tert-OH is 1. The minimum atomic E-state index is -0.826. The molecule has 3 heteroatoms. The van der Waals surface area contributed by atoms with Gasteiger partial charge in [-0.05, 0) is 33.1 Å². The van der Waals surface area contributed by atoms with Crippen molar-refractivity contribution in [1.29, 1.82) is 0 Å². The second-order valence-corrected chi connectivity index (χ2v) is 6.21. The highest BCUT2D eigenvalue weighted by molar-refractivity contribution is 5.28. The van der Waals surface area contributed by atoms with Crippen molar-refractivity contribution in [1.82, 2.24) is 0 Å². The van der Waals surface area contributed by atoms with E-state index < -0.39 is 11.7 Å². The van der Waals surface area contributed by atoms with Crippen molar-refractivity contribution < 1.29 is 14.9 Å². The van der Waals surface area contributed by atoms with Crippen molar-refractivity contribution in [2.24, 2.45) is 5.92 Å². The number of aliphatic hydroxyl groups is 2. The summed E-state index contributed by atoms with van der Waals surface area (Å²) in [6.07, 6.45) is 7.19. The molecule has 3 rings (SSSR count). The number of rotatable bonds is 1. The van der Waals surface area contributed by atoms with Gasteiger partial charge in [-0.25, -0.2) is 0 Å². The number of epoxide rings is 1. The molecule has 0 aromatic carbocycles. The molecule has 16 heavy (non-hydrogen) atoms. The Kier molecular flexibility index (Phi) is 1.94. The van der Waals surface area contributed by atoms with Crippen molar-refractivity contribution in [3.8, 4) is 0 Å². The molecule has 90 valence electrons. The summed E-state index contributed by atoms with van der Waals surface area (Å²) >= 11 is 0. The van der Waals surface area contributed by atoms with Crippen LogP contribution in [0.5, 0.6) is 0 Å². The van der Waals surface area contributed by atoms with Crippen LogP contribution in [-0.4, -0.2) is 33.1 Å². The Balaban J connectivity index is 1.87. The maximum Gasteiger partial charge on any atom is 0.104 e. The molecule has 0 unspecified atom stereocenters. The molecule has 0 aromatic heterocycles. The lowest BCUT2D eigenvalue weighted by Crippen LogP contribution is -2.50. The Morgan fingerprint density at radius 1 is 1.19 bits per heavy atom. The Bertz CT molecular complexity index is 344. The zero-order chi connectivity index (χ0) is 11.6. The van der Waals surface area contributed by atoms with E-state index in [1.54, 1.807) is 13.8 Å². The first kappa shape index (κ1) is 10.8. The Labute approximate surface area is 96.1 Å². The van der Waals surface area contributed by atoms with E-state index in [0.717, 1.165) is 19.3 Å². The SMILES string of the molecule is CC(C)(O)[C@H]1C[C@@]23CC=CC[C@]2(C[C@@H]1O)O3. The van der Waals surface area contributed by atoms with Crippen molar-refractivity contribution in [2.75, 3.05) is 0 Å². The van der Waals surface area contributed by atoms with E-state index in [0.29, 0.717) is 6.42 Å². The van der Waals surface area contributed by atoms with Crippen molar-refractivity contribution in [2.45, 2.75) is 62.4 Å². The number of hydrogen-bond donors (Lipinski definition) is 2. The maximum atomic E-state index is 10.2. The first-order valence-electron chi connectivity index (χ1n) is 6.14. The molecule has 0 bridgehead atoms. The van der Waals surface area contributed by atoms with E-state index in [2.05, 4.69) is 12.2 Å². The van der Waals surface area contributed by atoms with E-state index in [9.17, 15) is 10.2 Å². The zero-order valence-corrected chi connectivity index (χ0v) is 9.94. The topological polar surface area (TPSA) is 53.0 Å². The molecule has 0 amide bonds. The molecule has 1 heterocycles. The third-order valence-corrected chi connectivity index (χ3v) is 4.70. The van der Waals surface area contributed by atoms with Gasteiger partial charge >= 0.3 is 0 Å².